The van der Waals surface area contributed by atoms with Crippen LogP contribution >= 0.6 is 0 Å². The molecule has 3 rings (SSSR count). The first kappa shape index (κ1) is 11.0. The van der Waals surface area contributed by atoms with Crippen molar-refractivity contribution in [1.82, 2.24) is 15.5 Å². The van der Waals surface area contributed by atoms with Crippen LogP contribution in [0, 0.1) is 0 Å². The molecule has 3 aliphatic heterocycles. The topological polar surface area (TPSA) is 27.3 Å². The van der Waals surface area contributed by atoms with Crippen LogP contribution in [0.4, 0.5) is 0 Å². The van der Waals surface area contributed by atoms with E-state index in [1.807, 2.05) is 0 Å². The molecule has 0 saturated carbocycles. The molecule has 3 nitrogen and oxygen atoms in total. The molecule has 2 N–H and O–H groups in total. The minimum atomic E-state index is 0.745. The summed E-state index contributed by atoms with van der Waals surface area (Å²) >= 11 is 0. The number of nitrogens with zero attached hydrogens (tertiary/aromatic N) is 1. The summed E-state index contributed by atoms with van der Waals surface area (Å²) in [6, 6.07) is 3.25. The van der Waals surface area contributed by atoms with E-state index in [-0.39, 0.29) is 0 Å². The van der Waals surface area contributed by atoms with Gasteiger partial charge in [-0.3, -0.25) is 0 Å². The van der Waals surface area contributed by atoms with Gasteiger partial charge in [0, 0.05) is 30.7 Å². The number of hydrogen-bond acceptors (Lipinski definition) is 3. The van der Waals surface area contributed by atoms with Crippen LogP contribution in [0.5, 0.6) is 0 Å². The predicted molar refractivity (Wildman–Crippen MR) is 66.6 cm³/mol. The largest absolute Gasteiger partial charge is 0.315 e. The number of fused-ring (bicyclic) bond motifs is 2. The maximum absolute atomic E-state index is 3.88. The Morgan fingerprint density at radius 2 is 1.81 bits per heavy atom. The van der Waals surface area contributed by atoms with Crippen LogP contribution in [-0.2, 0) is 0 Å². The molecule has 16 heavy (non-hydrogen) atoms. The van der Waals surface area contributed by atoms with Gasteiger partial charge in [-0.2, -0.15) is 0 Å². The molecule has 0 aromatic carbocycles. The third-order valence-electron chi connectivity index (χ3n) is 4.87. The standard InChI is InChI=1S/C13H25N3/c1-16-12-3-2-4-13(16)8-11(7-12)15-10-5-6-14-9-10/h10-15H,2-9H2,1H3. The highest BCUT2D eigenvalue weighted by atomic mass is 15.2. The fourth-order valence-corrected chi connectivity index (χ4v) is 3.88. The normalized spacial score (nSPS) is 44.8. The maximum Gasteiger partial charge on any atom is 0.0207 e. The van der Waals surface area contributed by atoms with Crippen molar-refractivity contribution >= 4 is 0 Å². The van der Waals surface area contributed by atoms with E-state index in [1.54, 1.807) is 0 Å². The van der Waals surface area contributed by atoms with Gasteiger partial charge in [0.05, 0.1) is 0 Å². The van der Waals surface area contributed by atoms with Gasteiger partial charge < -0.3 is 15.5 Å². The third kappa shape index (κ3) is 2.13. The quantitative estimate of drug-likeness (QED) is 0.730. The average molecular weight is 223 g/mol. The van der Waals surface area contributed by atoms with Crippen molar-refractivity contribution in [2.45, 2.75) is 62.7 Å². The Hall–Kier alpha value is -0.120. The lowest BCUT2D eigenvalue weighted by molar-refractivity contribution is 0.0463. The van der Waals surface area contributed by atoms with Crippen molar-refractivity contribution in [3.63, 3.8) is 0 Å². The molecule has 3 heterocycles. The van der Waals surface area contributed by atoms with Gasteiger partial charge in [0.15, 0.2) is 0 Å². The first-order valence-corrected chi connectivity index (χ1v) is 7.01. The molecule has 0 aliphatic carbocycles. The number of rotatable bonds is 2. The molecule has 92 valence electrons. The summed E-state index contributed by atoms with van der Waals surface area (Å²) in [5.41, 5.74) is 0. The Bertz CT molecular complexity index is 221. The fourth-order valence-electron chi connectivity index (χ4n) is 3.88. The molecule has 3 saturated heterocycles. The Kier molecular flexibility index (Phi) is 3.18. The summed E-state index contributed by atoms with van der Waals surface area (Å²) in [4.78, 5) is 2.65. The van der Waals surface area contributed by atoms with Gasteiger partial charge in [0.25, 0.3) is 0 Å². The lowest BCUT2D eigenvalue weighted by Gasteiger charge is -2.47. The van der Waals surface area contributed by atoms with Crippen LogP contribution in [0.1, 0.15) is 38.5 Å². The van der Waals surface area contributed by atoms with Gasteiger partial charge >= 0.3 is 0 Å². The van der Waals surface area contributed by atoms with Crippen LogP contribution in [0.3, 0.4) is 0 Å². The van der Waals surface area contributed by atoms with E-state index in [9.17, 15) is 0 Å². The smallest absolute Gasteiger partial charge is 0.0207 e. The van der Waals surface area contributed by atoms with Gasteiger partial charge in [-0.05, 0) is 45.7 Å². The highest BCUT2D eigenvalue weighted by Crippen LogP contribution is 2.32. The maximum atomic E-state index is 3.88. The number of hydrogen-bond donors (Lipinski definition) is 2. The number of nitrogens with one attached hydrogen (secondary N) is 2. The van der Waals surface area contributed by atoms with Crippen LogP contribution in [0.25, 0.3) is 0 Å². The summed E-state index contributed by atoms with van der Waals surface area (Å²) < 4.78 is 0. The van der Waals surface area contributed by atoms with Crippen LogP contribution < -0.4 is 10.6 Å². The van der Waals surface area contributed by atoms with Crippen molar-refractivity contribution in [3.05, 3.63) is 0 Å². The SMILES string of the molecule is CN1C2CCCC1CC(NC1CCNC1)C2. The second-order valence-corrected chi connectivity index (χ2v) is 5.93. The van der Waals surface area contributed by atoms with Gasteiger partial charge in [0.1, 0.15) is 0 Å². The summed E-state index contributed by atoms with van der Waals surface area (Å²) in [6.45, 7) is 2.39. The van der Waals surface area contributed by atoms with Crippen molar-refractivity contribution < 1.29 is 0 Å². The Labute approximate surface area is 99.0 Å². The molecule has 3 heteroatoms. The van der Waals surface area contributed by atoms with Gasteiger partial charge in [-0.25, -0.2) is 0 Å². The third-order valence-corrected chi connectivity index (χ3v) is 4.87. The zero-order valence-corrected chi connectivity index (χ0v) is 10.4. The molecule has 0 aromatic rings. The highest BCUT2D eigenvalue weighted by molar-refractivity contribution is 4.95. The van der Waals surface area contributed by atoms with E-state index in [0.29, 0.717) is 0 Å². The highest BCUT2D eigenvalue weighted by Gasteiger charge is 2.36. The molecule has 0 spiro atoms. The van der Waals surface area contributed by atoms with Gasteiger partial charge in [-0.15, -0.1) is 0 Å². The van der Waals surface area contributed by atoms with E-state index in [0.717, 1.165) is 24.2 Å². The first-order chi connectivity index (χ1) is 7.83. The van der Waals surface area contributed by atoms with Crippen molar-refractivity contribution in [2.75, 3.05) is 20.1 Å². The Morgan fingerprint density at radius 3 is 2.44 bits per heavy atom. The molecule has 0 amide bonds. The second-order valence-electron chi connectivity index (χ2n) is 5.93. The monoisotopic (exact) mass is 223 g/mol. The molecule has 3 unspecified atom stereocenters. The van der Waals surface area contributed by atoms with Gasteiger partial charge in [0.2, 0.25) is 0 Å². The Balaban J connectivity index is 1.57. The van der Waals surface area contributed by atoms with E-state index in [1.165, 1.54) is 51.6 Å². The first-order valence-electron chi connectivity index (χ1n) is 7.01. The lowest BCUT2D eigenvalue weighted by Crippen LogP contribution is -2.56. The molecule has 3 aliphatic rings. The van der Waals surface area contributed by atoms with E-state index in [2.05, 4.69) is 22.6 Å². The number of piperidine rings is 2. The van der Waals surface area contributed by atoms with E-state index < -0.39 is 0 Å². The van der Waals surface area contributed by atoms with E-state index in [4.69, 9.17) is 0 Å². The minimum absolute atomic E-state index is 0.745. The molecule has 3 fully saturated rings. The summed E-state index contributed by atoms with van der Waals surface area (Å²) in [7, 11) is 2.34. The van der Waals surface area contributed by atoms with Crippen molar-refractivity contribution in [3.8, 4) is 0 Å². The second kappa shape index (κ2) is 4.63. The zero-order valence-electron chi connectivity index (χ0n) is 10.4. The van der Waals surface area contributed by atoms with Crippen LogP contribution in [-0.4, -0.2) is 49.2 Å². The summed E-state index contributed by atoms with van der Waals surface area (Å²) in [5, 5.41) is 7.33. The van der Waals surface area contributed by atoms with Crippen LogP contribution in [0.2, 0.25) is 0 Å². The fraction of sp³-hybridized carbons (Fsp3) is 1.00. The molecule has 3 atom stereocenters. The lowest BCUT2D eigenvalue weighted by atomic mass is 9.82. The molecule has 2 bridgehead atoms. The molecule has 0 radical (unpaired) electrons. The Morgan fingerprint density at radius 1 is 1.06 bits per heavy atom. The van der Waals surface area contributed by atoms with Crippen molar-refractivity contribution in [2.24, 2.45) is 0 Å². The van der Waals surface area contributed by atoms with Crippen molar-refractivity contribution in [1.29, 1.82) is 0 Å². The molecular weight excluding hydrogens is 198 g/mol. The van der Waals surface area contributed by atoms with E-state index >= 15 is 0 Å². The average Bonchev–Trinajstić information content (AvgIpc) is 2.72. The molecular formula is C13H25N3. The predicted octanol–water partition coefficient (Wildman–Crippen LogP) is 0.953. The van der Waals surface area contributed by atoms with Gasteiger partial charge in [-0.1, -0.05) is 6.42 Å². The zero-order chi connectivity index (χ0) is 11.0. The summed E-state index contributed by atoms with van der Waals surface area (Å²) in [5.74, 6) is 0. The van der Waals surface area contributed by atoms with Crippen LogP contribution in [0.15, 0.2) is 0 Å². The summed E-state index contributed by atoms with van der Waals surface area (Å²) in [6.07, 6.45) is 8.38. The minimum Gasteiger partial charge on any atom is -0.315 e. The molecule has 0 aromatic heterocycles.